The quantitative estimate of drug-likeness (QED) is 0.713. The average molecular weight is 293 g/mol. The highest BCUT2D eigenvalue weighted by molar-refractivity contribution is 6.10. The highest BCUT2D eigenvalue weighted by Crippen LogP contribution is 2.34. The number of anilines is 1. The molecule has 1 aliphatic heterocycles. The highest BCUT2D eigenvalue weighted by atomic mass is 16.3. The van der Waals surface area contributed by atoms with Crippen molar-refractivity contribution < 1.29 is 9.90 Å². The number of nitrogens with one attached hydrogen (secondary N) is 1. The largest absolute Gasteiger partial charge is 0.369 e. The molecule has 4 rings (SSSR count). The zero-order valence-electron chi connectivity index (χ0n) is 11.4. The Morgan fingerprint density at radius 2 is 1.82 bits per heavy atom. The zero-order valence-corrected chi connectivity index (χ0v) is 11.4. The first-order valence-corrected chi connectivity index (χ1v) is 6.76. The van der Waals surface area contributed by atoms with Crippen LogP contribution in [0, 0.1) is 0 Å². The topological polar surface area (TPSA) is 86.3 Å². The van der Waals surface area contributed by atoms with Crippen molar-refractivity contribution in [1.82, 2.24) is 9.97 Å². The Kier molecular flexibility index (Phi) is 2.61. The summed E-state index contributed by atoms with van der Waals surface area (Å²) >= 11 is 0. The molecule has 0 bridgehead atoms. The molecule has 0 unspecified atom stereocenters. The number of nitrogens with zero attached hydrogens (tertiary/aromatic N) is 2. The number of aliphatic hydroxyl groups is 1. The molecular formula is C16H11N3O3. The second-order valence-corrected chi connectivity index (χ2v) is 5.07. The minimum absolute atomic E-state index is 0.270. The SMILES string of the molecule is O=C1c2ccccc2[C@@H](O)N1c1ccc2ccc(=O)[nH]c2n1. The number of H-pyrrole nitrogens is 1. The van der Waals surface area contributed by atoms with E-state index in [1.54, 1.807) is 42.5 Å². The number of pyridine rings is 2. The van der Waals surface area contributed by atoms with Gasteiger partial charge in [-0.25, -0.2) is 4.98 Å². The first-order valence-electron chi connectivity index (χ1n) is 6.76. The molecule has 1 aromatic carbocycles. The maximum Gasteiger partial charge on any atom is 0.262 e. The summed E-state index contributed by atoms with van der Waals surface area (Å²) in [7, 11) is 0. The van der Waals surface area contributed by atoms with E-state index in [0.29, 0.717) is 22.6 Å². The van der Waals surface area contributed by atoms with Gasteiger partial charge in [0.2, 0.25) is 5.56 Å². The number of benzene rings is 1. The molecule has 2 aromatic heterocycles. The van der Waals surface area contributed by atoms with Crippen LogP contribution in [-0.2, 0) is 0 Å². The summed E-state index contributed by atoms with van der Waals surface area (Å²) in [4.78, 5) is 32.0. The number of aromatic amines is 1. The average Bonchev–Trinajstić information content (AvgIpc) is 2.79. The van der Waals surface area contributed by atoms with Gasteiger partial charge in [-0.15, -0.1) is 0 Å². The van der Waals surface area contributed by atoms with E-state index in [9.17, 15) is 14.7 Å². The Morgan fingerprint density at radius 1 is 1.05 bits per heavy atom. The lowest BCUT2D eigenvalue weighted by Crippen LogP contribution is -2.28. The van der Waals surface area contributed by atoms with Gasteiger partial charge < -0.3 is 10.1 Å². The molecule has 0 spiro atoms. The van der Waals surface area contributed by atoms with Crippen LogP contribution in [0.1, 0.15) is 22.1 Å². The van der Waals surface area contributed by atoms with Crippen LogP contribution in [0.2, 0.25) is 0 Å². The molecule has 6 nitrogen and oxygen atoms in total. The van der Waals surface area contributed by atoms with Gasteiger partial charge in [0.1, 0.15) is 11.5 Å². The maximum absolute atomic E-state index is 12.5. The fourth-order valence-corrected chi connectivity index (χ4v) is 2.68. The minimum Gasteiger partial charge on any atom is -0.369 e. The van der Waals surface area contributed by atoms with E-state index in [0.717, 1.165) is 5.39 Å². The maximum atomic E-state index is 12.5. The van der Waals surface area contributed by atoms with Gasteiger partial charge in [-0.3, -0.25) is 14.5 Å². The number of carbonyl (C=O) groups excluding carboxylic acids is 1. The monoisotopic (exact) mass is 293 g/mol. The lowest BCUT2D eigenvalue weighted by atomic mass is 10.1. The van der Waals surface area contributed by atoms with Crippen LogP contribution < -0.4 is 10.5 Å². The Balaban J connectivity index is 1.86. The van der Waals surface area contributed by atoms with Crippen molar-refractivity contribution >= 4 is 22.8 Å². The minimum atomic E-state index is -1.08. The normalized spacial score (nSPS) is 17.0. The van der Waals surface area contributed by atoms with Crippen LogP contribution in [0.15, 0.2) is 53.3 Å². The number of rotatable bonds is 1. The first-order chi connectivity index (χ1) is 10.6. The van der Waals surface area contributed by atoms with Gasteiger partial charge >= 0.3 is 0 Å². The fourth-order valence-electron chi connectivity index (χ4n) is 2.68. The highest BCUT2D eigenvalue weighted by Gasteiger charge is 2.36. The summed E-state index contributed by atoms with van der Waals surface area (Å²) in [6.45, 7) is 0. The predicted octanol–water partition coefficient (Wildman–Crippen LogP) is 1.57. The molecule has 22 heavy (non-hydrogen) atoms. The summed E-state index contributed by atoms with van der Waals surface area (Å²) in [6.07, 6.45) is -1.08. The van der Waals surface area contributed by atoms with Crippen LogP contribution >= 0.6 is 0 Å². The molecule has 0 saturated carbocycles. The fraction of sp³-hybridized carbons (Fsp3) is 0.0625. The summed E-state index contributed by atoms with van der Waals surface area (Å²) < 4.78 is 0. The summed E-state index contributed by atoms with van der Waals surface area (Å²) in [5.41, 5.74) is 1.11. The third-order valence-corrected chi connectivity index (χ3v) is 3.75. The van der Waals surface area contributed by atoms with Gasteiger partial charge in [0.25, 0.3) is 5.91 Å². The summed E-state index contributed by atoms with van der Waals surface area (Å²) in [5, 5.41) is 11.1. The molecule has 0 fully saturated rings. The van der Waals surface area contributed by atoms with E-state index in [4.69, 9.17) is 0 Å². The van der Waals surface area contributed by atoms with Crippen LogP contribution in [0.25, 0.3) is 11.0 Å². The number of carbonyl (C=O) groups is 1. The second-order valence-electron chi connectivity index (χ2n) is 5.07. The van der Waals surface area contributed by atoms with Crippen LogP contribution in [-0.4, -0.2) is 21.0 Å². The predicted molar refractivity (Wildman–Crippen MR) is 80.6 cm³/mol. The molecule has 2 N–H and O–H groups in total. The molecule has 1 amide bonds. The van der Waals surface area contributed by atoms with Gasteiger partial charge in [0.15, 0.2) is 6.23 Å². The van der Waals surface area contributed by atoms with Crippen LogP contribution in [0.3, 0.4) is 0 Å². The van der Waals surface area contributed by atoms with E-state index >= 15 is 0 Å². The molecule has 3 heterocycles. The van der Waals surface area contributed by atoms with Crippen molar-refractivity contribution in [2.45, 2.75) is 6.23 Å². The van der Waals surface area contributed by atoms with Gasteiger partial charge in [-0.1, -0.05) is 18.2 Å². The van der Waals surface area contributed by atoms with Crippen molar-refractivity contribution in [3.63, 3.8) is 0 Å². The summed E-state index contributed by atoms with van der Waals surface area (Å²) in [6, 6.07) is 13.4. The Hall–Kier alpha value is -2.99. The first kappa shape index (κ1) is 12.7. The molecule has 0 saturated heterocycles. The lowest BCUT2D eigenvalue weighted by molar-refractivity contribution is 0.0933. The van der Waals surface area contributed by atoms with Crippen molar-refractivity contribution in [2.75, 3.05) is 4.90 Å². The Labute approximate surface area is 124 Å². The number of hydrogen-bond donors (Lipinski definition) is 2. The number of aromatic nitrogens is 2. The number of amides is 1. The van der Waals surface area contributed by atoms with Crippen LogP contribution in [0.5, 0.6) is 0 Å². The number of aliphatic hydroxyl groups excluding tert-OH is 1. The zero-order chi connectivity index (χ0) is 15.3. The molecule has 3 aromatic rings. The molecule has 1 aliphatic rings. The smallest absolute Gasteiger partial charge is 0.262 e. The van der Waals surface area contributed by atoms with Crippen LogP contribution in [0.4, 0.5) is 5.82 Å². The second kappa shape index (κ2) is 4.51. The Morgan fingerprint density at radius 3 is 2.64 bits per heavy atom. The van der Waals surface area contributed by atoms with Crippen molar-refractivity contribution in [3.05, 3.63) is 70.0 Å². The number of hydrogen-bond acceptors (Lipinski definition) is 4. The molecule has 0 aliphatic carbocycles. The summed E-state index contributed by atoms with van der Waals surface area (Å²) in [5.74, 6) is -0.0173. The molecule has 6 heteroatoms. The molecular weight excluding hydrogens is 282 g/mol. The van der Waals surface area contributed by atoms with Gasteiger partial charge in [0.05, 0.1) is 0 Å². The lowest BCUT2D eigenvalue weighted by Gasteiger charge is -2.19. The van der Waals surface area contributed by atoms with Gasteiger partial charge in [-0.2, -0.15) is 0 Å². The Bertz CT molecular complexity index is 964. The van der Waals surface area contributed by atoms with Crippen molar-refractivity contribution in [2.24, 2.45) is 0 Å². The third-order valence-electron chi connectivity index (χ3n) is 3.75. The molecule has 0 radical (unpaired) electrons. The van der Waals surface area contributed by atoms with E-state index in [-0.39, 0.29) is 11.5 Å². The van der Waals surface area contributed by atoms with E-state index < -0.39 is 6.23 Å². The third kappa shape index (κ3) is 1.74. The van der Waals surface area contributed by atoms with Crippen molar-refractivity contribution in [3.8, 4) is 0 Å². The number of fused-ring (bicyclic) bond motifs is 2. The van der Waals surface area contributed by atoms with Crippen molar-refractivity contribution in [1.29, 1.82) is 0 Å². The standard InChI is InChI=1S/C16H11N3O3/c20-13-8-6-9-5-7-12(17-14(9)18-13)19-15(21)10-3-1-2-4-11(10)16(19)22/h1-8,15,21H,(H,17,18,20)/t15-/m1/s1. The molecule has 1 atom stereocenters. The van der Waals surface area contributed by atoms with E-state index in [1.165, 1.54) is 11.0 Å². The van der Waals surface area contributed by atoms with Gasteiger partial charge in [-0.05, 0) is 24.3 Å². The van der Waals surface area contributed by atoms with E-state index in [1.807, 2.05) is 0 Å². The molecule has 108 valence electrons. The van der Waals surface area contributed by atoms with Gasteiger partial charge in [0, 0.05) is 22.6 Å². The van der Waals surface area contributed by atoms with E-state index in [2.05, 4.69) is 9.97 Å².